The van der Waals surface area contributed by atoms with Crippen LogP contribution in [0, 0.1) is 5.92 Å². The summed E-state index contributed by atoms with van der Waals surface area (Å²) >= 11 is 0. The molecule has 2 aromatic carbocycles. The minimum absolute atomic E-state index is 0.0776. The van der Waals surface area contributed by atoms with Crippen molar-refractivity contribution in [2.75, 3.05) is 7.05 Å². The number of nitrogens with zero attached hydrogens (tertiary/aromatic N) is 2. The first-order valence-electron chi connectivity index (χ1n) is 10.8. The number of aromatic amines is 1. The third-order valence-electron chi connectivity index (χ3n) is 5.88. The number of likely N-dealkylation sites (N-methyl/N-ethyl adjacent to an activating group) is 1. The maximum absolute atomic E-state index is 13.6. The van der Waals surface area contributed by atoms with Gasteiger partial charge in [-0.1, -0.05) is 62.4 Å². The van der Waals surface area contributed by atoms with E-state index in [1.807, 2.05) is 74.6 Å². The van der Waals surface area contributed by atoms with Crippen molar-refractivity contribution < 1.29 is 14.4 Å². The van der Waals surface area contributed by atoms with E-state index in [4.69, 9.17) is 4.84 Å². The summed E-state index contributed by atoms with van der Waals surface area (Å²) in [5, 5.41) is 2.41. The van der Waals surface area contributed by atoms with E-state index in [2.05, 4.69) is 4.98 Å². The van der Waals surface area contributed by atoms with Crippen molar-refractivity contribution in [1.29, 1.82) is 0 Å². The molecule has 1 saturated heterocycles. The summed E-state index contributed by atoms with van der Waals surface area (Å²) in [6.45, 7) is 4.34. The Morgan fingerprint density at radius 3 is 2.42 bits per heavy atom. The van der Waals surface area contributed by atoms with Crippen LogP contribution in [0.1, 0.15) is 31.4 Å². The maximum Gasteiger partial charge on any atom is 0.269 e. The zero-order valence-electron chi connectivity index (χ0n) is 18.2. The second kappa shape index (κ2) is 8.94. The monoisotopic (exact) mass is 419 g/mol. The highest BCUT2D eigenvalue weighted by molar-refractivity contribution is 5.97. The second-order valence-corrected chi connectivity index (χ2v) is 8.60. The third-order valence-corrected chi connectivity index (χ3v) is 5.88. The molecule has 0 saturated carbocycles. The lowest BCUT2D eigenvalue weighted by Gasteiger charge is -2.43. The predicted octanol–water partition coefficient (Wildman–Crippen LogP) is 3.93. The first-order chi connectivity index (χ1) is 15.0. The Bertz CT molecular complexity index is 1060. The molecule has 31 heavy (non-hydrogen) atoms. The molecule has 1 fully saturated rings. The fourth-order valence-electron chi connectivity index (χ4n) is 4.20. The van der Waals surface area contributed by atoms with E-state index in [-0.39, 0.29) is 24.3 Å². The Morgan fingerprint density at radius 2 is 1.68 bits per heavy atom. The van der Waals surface area contributed by atoms with E-state index >= 15 is 0 Å². The van der Waals surface area contributed by atoms with Crippen LogP contribution in [-0.4, -0.2) is 45.9 Å². The van der Waals surface area contributed by atoms with Gasteiger partial charge >= 0.3 is 0 Å². The summed E-state index contributed by atoms with van der Waals surface area (Å²) in [7, 11) is 1.72. The fourth-order valence-corrected chi connectivity index (χ4v) is 4.20. The molecule has 162 valence electrons. The molecule has 1 aromatic heterocycles. The van der Waals surface area contributed by atoms with Gasteiger partial charge in [0.15, 0.2) is 0 Å². The summed E-state index contributed by atoms with van der Waals surface area (Å²) < 4.78 is 0. The summed E-state index contributed by atoms with van der Waals surface area (Å²) in [6, 6.07) is 16.5. The number of hydrogen-bond acceptors (Lipinski definition) is 3. The number of aromatic nitrogens is 1. The third kappa shape index (κ3) is 4.35. The first-order valence-corrected chi connectivity index (χ1v) is 10.8. The molecule has 4 rings (SSSR count). The molecule has 1 aliphatic heterocycles. The predicted molar refractivity (Wildman–Crippen MR) is 120 cm³/mol. The highest BCUT2D eigenvalue weighted by Gasteiger charge is 2.45. The van der Waals surface area contributed by atoms with Crippen LogP contribution in [0.5, 0.6) is 0 Å². The Hall–Kier alpha value is -3.12. The molecule has 6 heteroatoms. The van der Waals surface area contributed by atoms with E-state index in [9.17, 15) is 9.59 Å². The Labute approximate surface area is 182 Å². The van der Waals surface area contributed by atoms with Crippen molar-refractivity contribution >= 4 is 22.7 Å². The average Bonchev–Trinajstić information content (AvgIpc) is 3.18. The first kappa shape index (κ1) is 21.1. The lowest BCUT2D eigenvalue weighted by Crippen LogP contribution is -2.64. The second-order valence-electron chi connectivity index (χ2n) is 8.60. The van der Waals surface area contributed by atoms with Crippen molar-refractivity contribution in [2.24, 2.45) is 5.92 Å². The number of amides is 2. The van der Waals surface area contributed by atoms with E-state index < -0.39 is 12.1 Å². The molecular weight excluding hydrogens is 390 g/mol. The van der Waals surface area contributed by atoms with Gasteiger partial charge in [0.25, 0.3) is 5.91 Å². The summed E-state index contributed by atoms with van der Waals surface area (Å²) in [5.74, 6) is 0.00306. The molecule has 2 atom stereocenters. The molecule has 3 aromatic rings. The van der Waals surface area contributed by atoms with Crippen molar-refractivity contribution in [3.05, 3.63) is 71.9 Å². The summed E-state index contributed by atoms with van der Waals surface area (Å²) in [6.07, 6.45) is 2.92. The molecule has 1 N–H and O–H groups in total. The van der Waals surface area contributed by atoms with Crippen LogP contribution in [0.15, 0.2) is 60.8 Å². The zero-order valence-corrected chi connectivity index (χ0v) is 18.2. The number of H-pyrrole nitrogens is 1. The summed E-state index contributed by atoms with van der Waals surface area (Å²) in [5.41, 5.74) is 2.99. The van der Waals surface area contributed by atoms with Crippen LogP contribution < -0.4 is 0 Å². The molecule has 0 radical (unpaired) electrons. The van der Waals surface area contributed by atoms with Crippen LogP contribution in [0.4, 0.5) is 0 Å². The van der Waals surface area contributed by atoms with Crippen LogP contribution in [0.3, 0.4) is 0 Å². The highest BCUT2D eigenvalue weighted by atomic mass is 16.7. The van der Waals surface area contributed by atoms with Gasteiger partial charge in [-0.05, 0) is 29.5 Å². The van der Waals surface area contributed by atoms with Crippen LogP contribution >= 0.6 is 0 Å². The van der Waals surface area contributed by atoms with Gasteiger partial charge in [0.2, 0.25) is 5.91 Å². The number of fused-ring (bicyclic) bond motifs is 1. The molecular formula is C25H29N3O3. The molecule has 0 bridgehead atoms. The number of rotatable bonds is 7. The number of benzene rings is 2. The minimum atomic E-state index is -0.611. The van der Waals surface area contributed by atoms with Gasteiger partial charge in [0.1, 0.15) is 18.7 Å². The van der Waals surface area contributed by atoms with Crippen molar-refractivity contribution in [1.82, 2.24) is 14.9 Å². The molecule has 2 heterocycles. The van der Waals surface area contributed by atoms with E-state index in [0.29, 0.717) is 12.8 Å². The lowest BCUT2D eigenvalue weighted by molar-refractivity contribution is -0.224. The van der Waals surface area contributed by atoms with Crippen LogP contribution in [0.25, 0.3) is 10.9 Å². The van der Waals surface area contributed by atoms with Gasteiger partial charge in [0.05, 0.1) is 0 Å². The summed E-state index contributed by atoms with van der Waals surface area (Å²) in [4.78, 5) is 37.7. The number of carbonyl (C=O) groups excluding carboxylic acids is 2. The molecule has 0 spiro atoms. The van der Waals surface area contributed by atoms with Crippen LogP contribution in [0.2, 0.25) is 0 Å². The van der Waals surface area contributed by atoms with E-state index in [1.165, 1.54) is 5.06 Å². The van der Waals surface area contributed by atoms with E-state index in [0.717, 1.165) is 22.0 Å². The largest absolute Gasteiger partial charge is 0.361 e. The van der Waals surface area contributed by atoms with Gasteiger partial charge in [0, 0.05) is 30.6 Å². The number of hydrogen-bond donors (Lipinski definition) is 1. The average molecular weight is 420 g/mol. The van der Waals surface area contributed by atoms with Gasteiger partial charge in [-0.2, -0.15) is 0 Å². The smallest absolute Gasteiger partial charge is 0.269 e. The number of piperazine rings is 1. The number of hydroxylamine groups is 2. The fraction of sp³-hybridized carbons (Fsp3) is 0.360. The maximum atomic E-state index is 13.6. The van der Waals surface area contributed by atoms with Gasteiger partial charge < -0.3 is 9.88 Å². The SMILES string of the molecule is CC(C)C[C@H]1C(=O)N(C)[C@@H](Cc2c[nH]c3ccccc23)C(=O)N1OCc1ccccc1. The highest BCUT2D eigenvalue weighted by Crippen LogP contribution is 2.27. The topological polar surface area (TPSA) is 65.6 Å². The standard InChI is InChI=1S/C25H29N3O3/c1-17(2)13-23-24(29)27(3)22(14-19-15-26-21-12-8-7-11-20(19)21)25(30)28(23)31-16-18-9-5-4-6-10-18/h4-12,15,17,22-23,26H,13-14,16H2,1-3H3/t22-,23-/m0/s1. The number of para-hydroxylation sites is 1. The molecule has 2 amide bonds. The van der Waals surface area contributed by atoms with Crippen LogP contribution in [-0.2, 0) is 27.5 Å². The van der Waals surface area contributed by atoms with E-state index in [1.54, 1.807) is 11.9 Å². The minimum Gasteiger partial charge on any atom is -0.361 e. The Balaban J connectivity index is 1.60. The molecule has 0 aliphatic carbocycles. The Morgan fingerprint density at radius 1 is 0.968 bits per heavy atom. The van der Waals surface area contributed by atoms with Crippen molar-refractivity contribution in [3.63, 3.8) is 0 Å². The molecule has 6 nitrogen and oxygen atoms in total. The molecule has 0 unspecified atom stereocenters. The van der Waals surface area contributed by atoms with Gasteiger partial charge in [-0.25, -0.2) is 5.06 Å². The van der Waals surface area contributed by atoms with Crippen molar-refractivity contribution in [2.45, 2.75) is 45.4 Å². The van der Waals surface area contributed by atoms with Crippen molar-refractivity contribution in [3.8, 4) is 0 Å². The molecule has 1 aliphatic rings. The number of carbonyl (C=O) groups is 2. The number of nitrogens with one attached hydrogen (secondary N) is 1. The lowest BCUT2D eigenvalue weighted by atomic mass is 9.95. The van der Waals surface area contributed by atoms with Gasteiger partial charge in [-0.15, -0.1) is 0 Å². The Kier molecular flexibility index (Phi) is 6.09. The zero-order chi connectivity index (χ0) is 22.0. The normalized spacial score (nSPS) is 19.6. The van der Waals surface area contributed by atoms with Gasteiger partial charge in [-0.3, -0.25) is 14.4 Å². The quantitative estimate of drug-likeness (QED) is 0.631.